The van der Waals surface area contributed by atoms with Crippen LogP contribution in [0.25, 0.3) is 0 Å². The minimum absolute atomic E-state index is 0.143. The molecule has 0 saturated heterocycles. The van der Waals surface area contributed by atoms with E-state index in [9.17, 15) is 4.39 Å². The fourth-order valence-corrected chi connectivity index (χ4v) is 2.71. The highest BCUT2D eigenvalue weighted by Gasteiger charge is 2.10. The topological polar surface area (TPSA) is 12.0 Å². The standard InChI is InChI=1S/C13H20FNS/c1-4-5-16-9-13(15-3)11-6-10(2)7-12(14)8-11/h6-8,13,15H,4-5,9H2,1-3H3. The van der Waals surface area contributed by atoms with Gasteiger partial charge < -0.3 is 5.32 Å². The summed E-state index contributed by atoms with van der Waals surface area (Å²) in [6.45, 7) is 4.10. The molecule has 0 fully saturated rings. The lowest BCUT2D eigenvalue weighted by Gasteiger charge is -2.16. The monoisotopic (exact) mass is 241 g/mol. The molecule has 0 saturated carbocycles. The van der Waals surface area contributed by atoms with Gasteiger partial charge in [-0.25, -0.2) is 4.39 Å². The molecule has 0 aromatic heterocycles. The van der Waals surface area contributed by atoms with Crippen LogP contribution in [-0.4, -0.2) is 18.6 Å². The average molecular weight is 241 g/mol. The number of hydrogen-bond acceptors (Lipinski definition) is 2. The summed E-state index contributed by atoms with van der Waals surface area (Å²) in [5.41, 5.74) is 2.03. The molecule has 1 aromatic rings. The van der Waals surface area contributed by atoms with Crippen LogP contribution in [0.2, 0.25) is 0 Å². The van der Waals surface area contributed by atoms with Crippen LogP contribution in [0, 0.1) is 12.7 Å². The quantitative estimate of drug-likeness (QED) is 0.765. The summed E-state index contributed by atoms with van der Waals surface area (Å²) in [4.78, 5) is 0. The van der Waals surface area contributed by atoms with Gasteiger partial charge in [-0.15, -0.1) is 0 Å². The van der Waals surface area contributed by atoms with Crippen molar-refractivity contribution in [2.24, 2.45) is 0 Å². The van der Waals surface area contributed by atoms with Crippen molar-refractivity contribution in [1.82, 2.24) is 5.32 Å². The largest absolute Gasteiger partial charge is 0.312 e. The molecule has 0 heterocycles. The number of aryl methyl sites for hydroxylation is 1. The fraction of sp³-hybridized carbons (Fsp3) is 0.538. The fourth-order valence-electron chi connectivity index (χ4n) is 1.66. The first-order valence-corrected chi connectivity index (χ1v) is 6.85. The Bertz CT molecular complexity index is 307. The highest BCUT2D eigenvalue weighted by atomic mass is 32.2. The van der Waals surface area contributed by atoms with Crippen molar-refractivity contribution < 1.29 is 4.39 Å². The van der Waals surface area contributed by atoms with Gasteiger partial charge in [0.25, 0.3) is 0 Å². The van der Waals surface area contributed by atoms with Crippen molar-refractivity contribution in [3.05, 3.63) is 35.1 Å². The van der Waals surface area contributed by atoms with Gasteiger partial charge in [0.15, 0.2) is 0 Å². The molecule has 1 nitrogen and oxygen atoms in total. The number of benzene rings is 1. The van der Waals surface area contributed by atoms with Gasteiger partial charge in [0.1, 0.15) is 5.82 Å². The van der Waals surface area contributed by atoms with Crippen LogP contribution in [0.5, 0.6) is 0 Å². The molecule has 0 aliphatic carbocycles. The highest BCUT2D eigenvalue weighted by molar-refractivity contribution is 7.99. The van der Waals surface area contributed by atoms with Crippen molar-refractivity contribution in [3.8, 4) is 0 Å². The van der Waals surface area contributed by atoms with Gasteiger partial charge in [-0.3, -0.25) is 0 Å². The van der Waals surface area contributed by atoms with E-state index < -0.39 is 0 Å². The van der Waals surface area contributed by atoms with E-state index in [1.807, 2.05) is 25.7 Å². The van der Waals surface area contributed by atoms with E-state index >= 15 is 0 Å². The third-order valence-corrected chi connectivity index (χ3v) is 3.71. The van der Waals surface area contributed by atoms with Gasteiger partial charge in [-0.05, 0) is 49.4 Å². The Balaban J connectivity index is 2.70. The first-order valence-electron chi connectivity index (χ1n) is 5.69. The van der Waals surface area contributed by atoms with Crippen LogP contribution >= 0.6 is 11.8 Å². The van der Waals surface area contributed by atoms with Crippen LogP contribution < -0.4 is 5.32 Å². The van der Waals surface area contributed by atoms with E-state index in [0.29, 0.717) is 0 Å². The molecule has 1 unspecified atom stereocenters. The van der Waals surface area contributed by atoms with E-state index in [1.54, 1.807) is 12.1 Å². The summed E-state index contributed by atoms with van der Waals surface area (Å²) < 4.78 is 13.3. The van der Waals surface area contributed by atoms with Crippen molar-refractivity contribution in [2.45, 2.75) is 26.3 Å². The zero-order valence-electron chi connectivity index (χ0n) is 10.2. The smallest absolute Gasteiger partial charge is 0.123 e. The van der Waals surface area contributed by atoms with Gasteiger partial charge >= 0.3 is 0 Å². The number of thioether (sulfide) groups is 1. The van der Waals surface area contributed by atoms with Crippen molar-refractivity contribution in [2.75, 3.05) is 18.6 Å². The third kappa shape index (κ3) is 4.14. The molecule has 0 bridgehead atoms. The lowest BCUT2D eigenvalue weighted by Crippen LogP contribution is -2.19. The summed E-state index contributed by atoms with van der Waals surface area (Å²) in [5.74, 6) is 2.01. The third-order valence-electron chi connectivity index (χ3n) is 2.45. The Morgan fingerprint density at radius 1 is 1.38 bits per heavy atom. The molecule has 0 amide bonds. The van der Waals surface area contributed by atoms with Crippen molar-refractivity contribution >= 4 is 11.8 Å². The van der Waals surface area contributed by atoms with E-state index in [0.717, 1.165) is 22.6 Å². The summed E-state index contributed by atoms with van der Waals surface area (Å²) in [6, 6.07) is 5.48. The molecule has 1 atom stereocenters. The van der Waals surface area contributed by atoms with Gasteiger partial charge in [0, 0.05) is 11.8 Å². The predicted molar refractivity (Wildman–Crippen MR) is 70.6 cm³/mol. The average Bonchev–Trinajstić information content (AvgIpc) is 2.23. The van der Waals surface area contributed by atoms with E-state index in [4.69, 9.17) is 0 Å². The Morgan fingerprint density at radius 2 is 2.12 bits per heavy atom. The first-order chi connectivity index (χ1) is 7.67. The van der Waals surface area contributed by atoms with E-state index in [2.05, 4.69) is 18.3 Å². The molecule has 1 aromatic carbocycles. The number of hydrogen-bond donors (Lipinski definition) is 1. The maximum Gasteiger partial charge on any atom is 0.123 e. The Hall–Kier alpha value is -0.540. The molecule has 1 rings (SSSR count). The highest BCUT2D eigenvalue weighted by Crippen LogP contribution is 2.20. The summed E-state index contributed by atoms with van der Waals surface area (Å²) in [7, 11) is 1.93. The zero-order valence-corrected chi connectivity index (χ0v) is 11.0. The predicted octanol–water partition coefficient (Wildman–Crippen LogP) is 3.54. The van der Waals surface area contributed by atoms with Gasteiger partial charge in [-0.2, -0.15) is 11.8 Å². The van der Waals surface area contributed by atoms with Crippen molar-refractivity contribution in [3.63, 3.8) is 0 Å². The summed E-state index contributed by atoms with van der Waals surface area (Å²) >= 11 is 1.91. The molecular weight excluding hydrogens is 221 g/mol. The lowest BCUT2D eigenvalue weighted by atomic mass is 10.1. The van der Waals surface area contributed by atoms with Crippen LogP contribution in [-0.2, 0) is 0 Å². The van der Waals surface area contributed by atoms with Gasteiger partial charge in [0.2, 0.25) is 0 Å². The number of halogens is 1. The Labute approximate surface area is 102 Å². The van der Waals surface area contributed by atoms with E-state index in [-0.39, 0.29) is 11.9 Å². The molecule has 0 radical (unpaired) electrons. The van der Waals surface area contributed by atoms with Crippen molar-refractivity contribution in [1.29, 1.82) is 0 Å². The maximum absolute atomic E-state index is 13.3. The lowest BCUT2D eigenvalue weighted by molar-refractivity contribution is 0.609. The van der Waals surface area contributed by atoms with Gasteiger partial charge in [-0.1, -0.05) is 13.0 Å². The second-order valence-electron chi connectivity index (χ2n) is 3.98. The summed E-state index contributed by atoms with van der Waals surface area (Å²) in [5, 5.41) is 3.24. The van der Waals surface area contributed by atoms with E-state index in [1.165, 1.54) is 6.42 Å². The van der Waals surface area contributed by atoms with Crippen LogP contribution in [0.4, 0.5) is 4.39 Å². The molecule has 3 heteroatoms. The normalized spacial score (nSPS) is 12.8. The zero-order chi connectivity index (χ0) is 12.0. The number of nitrogens with one attached hydrogen (secondary N) is 1. The molecule has 1 N–H and O–H groups in total. The Kier molecular flexibility index (Phi) is 5.85. The van der Waals surface area contributed by atoms with Crippen LogP contribution in [0.15, 0.2) is 18.2 Å². The molecule has 16 heavy (non-hydrogen) atoms. The molecule has 90 valence electrons. The minimum Gasteiger partial charge on any atom is -0.312 e. The molecule has 0 spiro atoms. The second-order valence-corrected chi connectivity index (χ2v) is 5.13. The molecule has 0 aliphatic heterocycles. The SMILES string of the molecule is CCCSCC(NC)c1cc(C)cc(F)c1. The summed E-state index contributed by atoms with van der Waals surface area (Å²) in [6.07, 6.45) is 1.18. The molecular formula is C13H20FNS. The Morgan fingerprint density at radius 3 is 2.69 bits per heavy atom. The van der Waals surface area contributed by atoms with Crippen LogP contribution in [0.3, 0.4) is 0 Å². The molecule has 0 aliphatic rings. The number of rotatable bonds is 6. The van der Waals surface area contributed by atoms with Crippen LogP contribution in [0.1, 0.15) is 30.5 Å². The minimum atomic E-state index is -0.143. The maximum atomic E-state index is 13.3. The second kappa shape index (κ2) is 6.92. The first kappa shape index (κ1) is 13.5. The van der Waals surface area contributed by atoms with Gasteiger partial charge in [0.05, 0.1) is 0 Å².